The van der Waals surface area contributed by atoms with E-state index in [0.29, 0.717) is 11.5 Å². The Hall–Kier alpha value is -1.63. The lowest BCUT2D eigenvalue weighted by molar-refractivity contribution is 1.01. The van der Waals surface area contributed by atoms with Crippen LogP contribution in [0.25, 0.3) is 0 Å². The Labute approximate surface area is 78.7 Å². The summed E-state index contributed by atoms with van der Waals surface area (Å²) >= 11 is 0. The van der Waals surface area contributed by atoms with Gasteiger partial charge in [0, 0.05) is 6.20 Å². The summed E-state index contributed by atoms with van der Waals surface area (Å²) in [6.45, 7) is 7.33. The summed E-state index contributed by atoms with van der Waals surface area (Å²) in [5, 5.41) is 12.2. The van der Waals surface area contributed by atoms with Crippen molar-refractivity contribution in [2.45, 2.75) is 27.7 Å². The molecule has 0 radical (unpaired) electrons. The quantitative estimate of drug-likeness (QED) is 0.398. The van der Waals surface area contributed by atoms with E-state index >= 15 is 0 Å². The van der Waals surface area contributed by atoms with Crippen LogP contribution in [0.1, 0.15) is 27.7 Å². The van der Waals surface area contributed by atoms with Gasteiger partial charge < -0.3 is 0 Å². The molecule has 0 amide bonds. The minimum atomic E-state index is 0.381. The number of hydrogen-bond donors (Lipinski definition) is 1. The van der Waals surface area contributed by atoms with E-state index < -0.39 is 0 Å². The van der Waals surface area contributed by atoms with E-state index in [1.54, 1.807) is 20.0 Å². The van der Waals surface area contributed by atoms with Crippen molar-refractivity contribution in [2.75, 3.05) is 0 Å². The second-order valence-corrected chi connectivity index (χ2v) is 2.84. The van der Waals surface area contributed by atoms with Crippen molar-refractivity contribution in [1.29, 1.82) is 5.26 Å². The average molecular weight is 178 g/mol. The molecule has 0 aromatic rings. The molecule has 0 bridgehead atoms. The maximum absolute atomic E-state index is 8.39. The van der Waals surface area contributed by atoms with E-state index in [-0.39, 0.29) is 0 Å². The molecule has 4 nitrogen and oxygen atoms in total. The lowest BCUT2D eigenvalue weighted by atomic mass is 10.4. The fourth-order valence-electron chi connectivity index (χ4n) is 0.445. The number of aliphatic imine (C=N–C) groups is 1. The van der Waals surface area contributed by atoms with Crippen LogP contribution < -0.4 is 5.43 Å². The summed E-state index contributed by atoms with van der Waals surface area (Å²) < 4.78 is 0. The van der Waals surface area contributed by atoms with Crippen molar-refractivity contribution >= 4 is 11.5 Å². The second kappa shape index (κ2) is 5.95. The van der Waals surface area contributed by atoms with Gasteiger partial charge in [-0.3, -0.25) is 5.43 Å². The Morgan fingerprint density at radius 3 is 2.38 bits per heavy atom. The molecule has 13 heavy (non-hydrogen) atoms. The summed E-state index contributed by atoms with van der Waals surface area (Å²) in [6, 6.07) is 1.90. The molecule has 0 saturated carbocycles. The fourth-order valence-corrected chi connectivity index (χ4v) is 0.445. The molecule has 0 aliphatic heterocycles. The molecule has 0 saturated heterocycles. The smallest absolute Gasteiger partial charge is 0.134 e. The average Bonchev–Trinajstić information content (AvgIpc) is 2.10. The van der Waals surface area contributed by atoms with Gasteiger partial charge in [0.05, 0.1) is 0 Å². The lowest BCUT2D eigenvalue weighted by Crippen LogP contribution is -2.14. The molecule has 0 unspecified atom stereocenters. The highest BCUT2D eigenvalue weighted by atomic mass is 15.3. The van der Waals surface area contributed by atoms with Crippen molar-refractivity contribution in [3.05, 3.63) is 11.8 Å². The Morgan fingerprint density at radius 1 is 1.31 bits per heavy atom. The fraction of sp³-hybridized carbons (Fsp3) is 0.444. The molecule has 0 aliphatic rings. The molecule has 1 N–H and O–H groups in total. The van der Waals surface area contributed by atoms with Crippen LogP contribution in [-0.4, -0.2) is 11.5 Å². The molecular formula is C9H14N4. The Bertz CT molecular complexity index is 287. The maximum Gasteiger partial charge on any atom is 0.134 e. The highest BCUT2D eigenvalue weighted by Crippen LogP contribution is 1.88. The number of amidine groups is 1. The highest BCUT2D eigenvalue weighted by molar-refractivity contribution is 5.97. The van der Waals surface area contributed by atoms with Gasteiger partial charge in [-0.05, 0) is 27.7 Å². The second-order valence-electron chi connectivity index (χ2n) is 2.84. The molecule has 0 heterocycles. The molecule has 0 atom stereocenters. The summed E-state index contributed by atoms with van der Waals surface area (Å²) in [5.41, 5.74) is 4.15. The van der Waals surface area contributed by atoms with E-state index in [1.807, 2.05) is 19.9 Å². The predicted molar refractivity (Wildman–Crippen MR) is 54.4 cm³/mol. The monoisotopic (exact) mass is 178 g/mol. The number of nitrogens with one attached hydrogen (secondary N) is 1. The zero-order chi connectivity index (χ0) is 10.3. The summed E-state index contributed by atoms with van der Waals surface area (Å²) in [7, 11) is 0. The predicted octanol–water partition coefficient (Wildman–Crippen LogP) is 1.82. The van der Waals surface area contributed by atoms with Gasteiger partial charge in [0.25, 0.3) is 0 Å². The highest BCUT2D eigenvalue weighted by Gasteiger charge is 1.86. The van der Waals surface area contributed by atoms with E-state index in [2.05, 4.69) is 15.5 Å². The third kappa shape index (κ3) is 6.76. The minimum Gasteiger partial charge on any atom is -0.264 e. The van der Waals surface area contributed by atoms with Crippen LogP contribution in [0.5, 0.6) is 0 Å². The lowest BCUT2D eigenvalue weighted by Gasteiger charge is -1.96. The molecule has 0 rings (SSSR count). The van der Waals surface area contributed by atoms with Crippen LogP contribution in [0.15, 0.2) is 21.9 Å². The number of hydrazone groups is 1. The third-order valence-corrected chi connectivity index (χ3v) is 1.06. The molecule has 70 valence electrons. The normalized spacial score (nSPS) is 11.9. The van der Waals surface area contributed by atoms with Crippen molar-refractivity contribution in [3.63, 3.8) is 0 Å². The van der Waals surface area contributed by atoms with Crippen molar-refractivity contribution in [2.24, 2.45) is 10.1 Å². The van der Waals surface area contributed by atoms with Crippen LogP contribution in [0.2, 0.25) is 0 Å². The molecule has 0 aromatic carbocycles. The van der Waals surface area contributed by atoms with Gasteiger partial charge in [-0.1, -0.05) is 5.57 Å². The minimum absolute atomic E-state index is 0.381. The van der Waals surface area contributed by atoms with Crippen LogP contribution in [0, 0.1) is 11.3 Å². The van der Waals surface area contributed by atoms with Crippen molar-refractivity contribution in [1.82, 2.24) is 5.43 Å². The molecule has 0 fully saturated rings. The van der Waals surface area contributed by atoms with Gasteiger partial charge in [0.2, 0.25) is 0 Å². The van der Waals surface area contributed by atoms with Gasteiger partial charge >= 0.3 is 0 Å². The number of nitrogens with zero attached hydrogens (tertiary/aromatic N) is 3. The maximum atomic E-state index is 8.39. The number of allylic oxidation sites excluding steroid dienone is 1. The zero-order valence-electron chi connectivity index (χ0n) is 8.42. The Kier molecular flexibility index (Phi) is 5.20. The van der Waals surface area contributed by atoms with Crippen LogP contribution in [0.4, 0.5) is 0 Å². The topological polar surface area (TPSA) is 60.5 Å². The van der Waals surface area contributed by atoms with Gasteiger partial charge in [-0.2, -0.15) is 10.4 Å². The van der Waals surface area contributed by atoms with E-state index in [1.165, 1.54) is 0 Å². The van der Waals surface area contributed by atoms with Gasteiger partial charge in [-0.25, -0.2) is 4.99 Å². The number of rotatable bonds is 2. The van der Waals surface area contributed by atoms with Crippen LogP contribution in [-0.2, 0) is 0 Å². The van der Waals surface area contributed by atoms with Gasteiger partial charge in [-0.15, -0.1) is 0 Å². The van der Waals surface area contributed by atoms with E-state index in [0.717, 1.165) is 5.57 Å². The molecule has 0 aliphatic carbocycles. The molecule has 0 aromatic heterocycles. The number of hydrogen-bond acceptors (Lipinski definition) is 3. The first kappa shape index (κ1) is 11.4. The Morgan fingerprint density at radius 2 is 1.92 bits per heavy atom. The summed E-state index contributed by atoms with van der Waals surface area (Å²) in [4.78, 5) is 4.06. The van der Waals surface area contributed by atoms with E-state index in [9.17, 15) is 0 Å². The summed E-state index contributed by atoms with van der Waals surface area (Å²) in [6.07, 6.45) is 1.74. The molecule has 4 heteroatoms. The van der Waals surface area contributed by atoms with Crippen LogP contribution >= 0.6 is 0 Å². The van der Waals surface area contributed by atoms with Crippen molar-refractivity contribution in [3.8, 4) is 6.07 Å². The van der Waals surface area contributed by atoms with Crippen LogP contribution in [0.3, 0.4) is 0 Å². The number of nitriles is 1. The van der Waals surface area contributed by atoms with Gasteiger partial charge in [0.1, 0.15) is 17.6 Å². The first-order chi connectivity index (χ1) is 6.06. The SMILES string of the molecule is CC(C)=CN=C(C)NN=C(C)C#N. The zero-order valence-corrected chi connectivity index (χ0v) is 8.42. The summed E-state index contributed by atoms with van der Waals surface area (Å²) in [5.74, 6) is 0.663. The Balaban J connectivity index is 4.18. The molecule has 0 spiro atoms. The van der Waals surface area contributed by atoms with Crippen molar-refractivity contribution < 1.29 is 0 Å². The first-order valence-electron chi connectivity index (χ1n) is 3.94. The molecular weight excluding hydrogens is 164 g/mol. The standard InChI is InChI=1S/C9H14N4/c1-7(2)6-11-9(4)13-12-8(3)5-10/h6H,1-4H3,(H,11,13). The third-order valence-electron chi connectivity index (χ3n) is 1.06. The van der Waals surface area contributed by atoms with E-state index in [4.69, 9.17) is 5.26 Å². The van der Waals surface area contributed by atoms with Gasteiger partial charge in [0.15, 0.2) is 0 Å². The largest absolute Gasteiger partial charge is 0.264 e. The first-order valence-corrected chi connectivity index (χ1v) is 3.94.